The molecule has 0 unspecified atom stereocenters. The Morgan fingerprint density at radius 2 is 1.53 bits per heavy atom. The van der Waals surface area contributed by atoms with Crippen LogP contribution in [0.25, 0.3) is 23.4 Å². The van der Waals surface area contributed by atoms with Crippen LogP contribution in [0, 0.1) is 0 Å². The highest BCUT2D eigenvalue weighted by Gasteiger charge is 2.13. The number of hydrogen-bond acceptors (Lipinski definition) is 6. The van der Waals surface area contributed by atoms with Crippen molar-refractivity contribution in [2.24, 2.45) is 0 Å². The molecule has 0 amide bonds. The summed E-state index contributed by atoms with van der Waals surface area (Å²) < 4.78 is 15.3. The number of nitrogens with zero attached hydrogens (tertiary/aromatic N) is 3. The minimum Gasteiger partial charge on any atom is -0.443 e. The summed E-state index contributed by atoms with van der Waals surface area (Å²) in [7, 11) is 0. The maximum absolute atomic E-state index is 5.17. The van der Waals surface area contributed by atoms with E-state index in [1.165, 1.54) is 31.2 Å². The summed E-state index contributed by atoms with van der Waals surface area (Å²) in [6.07, 6.45) is 7.41. The standard InChI is InChI=1S/C9H5N3O3/c1-3-13-7(10-1)6-5-15-9(12-6)8-11-2-4-14-8/h1-5H. The van der Waals surface area contributed by atoms with Crippen molar-refractivity contribution in [3.8, 4) is 23.4 Å². The van der Waals surface area contributed by atoms with Gasteiger partial charge in [-0.15, -0.1) is 0 Å². The second-order valence-corrected chi connectivity index (χ2v) is 2.71. The lowest BCUT2D eigenvalue weighted by Crippen LogP contribution is -1.78. The molecule has 74 valence electrons. The van der Waals surface area contributed by atoms with Gasteiger partial charge in [0.25, 0.3) is 11.8 Å². The van der Waals surface area contributed by atoms with Crippen LogP contribution in [-0.2, 0) is 0 Å². The molecule has 0 aliphatic carbocycles. The van der Waals surface area contributed by atoms with Crippen molar-refractivity contribution in [2.75, 3.05) is 0 Å². The molecule has 0 saturated carbocycles. The van der Waals surface area contributed by atoms with E-state index in [0.717, 1.165) is 0 Å². The van der Waals surface area contributed by atoms with E-state index < -0.39 is 0 Å². The molecule has 0 N–H and O–H groups in total. The molecule has 6 heteroatoms. The molecule has 0 aliphatic rings. The normalized spacial score (nSPS) is 10.7. The van der Waals surface area contributed by atoms with Crippen molar-refractivity contribution >= 4 is 0 Å². The summed E-state index contributed by atoms with van der Waals surface area (Å²) in [5.41, 5.74) is 0.508. The quantitative estimate of drug-likeness (QED) is 0.633. The van der Waals surface area contributed by atoms with E-state index >= 15 is 0 Å². The average molecular weight is 203 g/mol. The Kier molecular flexibility index (Phi) is 1.64. The molecule has 0 spiro atoms. The van der Waals surface area contributed by atoms with Gasteiger partial charge in [-0.25, -0.2) is 9.97 Å². The van der Waals surface area contributed by atoms with Gasteiger partial charge in [0.2, 0.25) is 5.89 Å². The first-order valence-electron chi connectivity index (χ1n) is 4.19. The molecule has 15 heavy (non-hydrogen) atoms. The molecule has 0 aliphatic heterocycles. The van der Waals surface area contributed by atoms with Crippen molar-refractivity contribution in [1.29, 1.82) is 0 Å². The SMILES string of the molecule is c1coc(-c2coc(-c3ncco3)n2)n1. The molecule has 0 bridgehead atoms. The van der Waals surface area contributed by atoms with Crippen LogP contribution in [0.4, 0.5) is 0 Å². The Morgan fingerprint density at radius 1 is 0.800 bits per heavy atom. The second-order valence-electron chi connectivity index (χ2n) is 2.71. The summed E-state index contributed by atoms with van der Waals surface area (Å²) in [6, 6.07) is 0. The minimum atomic E-state index is 0.299. The molecule has 0 saturated heterocycles. The number of rotatable bonds is 2. The molecule has 3 aromatic rings. The van der Waals surface area contributed by atoms with Gasteiger partial charge in [0.15, 0.2) is 5.69 Å². The third kappa shape index (κ3) is 1.32. The lowest BCUT2D eigenvalue weighted by molar-refractivity contribution is 0.510. The van der Waals surface area contributed by atoms with Crippen LogP contribution in [0.15, 0.2) is 44.4 Å². The maximum atomic E-state index is 5.17. The van der Waals surface area contributed by atoms with E-state index in [4.69, 9.17) is 13.3 Å². The highest BCUT2D eigenvalue weighted by Crippen LogP contribution is 2.21. The van der Waals surface area contributed by atoms with Crippen molar-refractivity contribution in [3.05, 3.63) is 31.2 Å². The Morgan fingerprint density at radius 3 is 2.20 bits per heavy atom. The molecule has 6 nitrogen and oxygen atoms in total. The summed E-state index contributed by atoms with van der Waals surface area (Å²) in [4.78, 5) is 12.0. The van der Waals surface area contributed by atoms with Gasteiger partial charge in [-0.1, -0.05) is 0 Å². The van der Waals surface area contributed by atoms with Gasteiger partial charge in [0, 0.05) is 0 Å². The molecule has 3 aromatic heterocycles. The van der Waals surface area contributed by atoms with Crippen LogP contribution in [0.3, 0.4) is 0 Å². The average Bonchev–Trinajstić information content (AvgIpc) is 3.02. The highest BCUT2D eigenvalue weighted by atomic mass is 16.4. The van der Waals surface area contributed by atoms with Gasteiger partial charge in [-0.3, -0.25) is 0 Å². The van der Waals surface area contributed by atoms with Crippen LogP contribution in [-0.4, -0.2) is 15.0 Å². The Hall–Kier alpha value is -2.37. The monoisotopic (exact) mass is 203 g/mol. The predicted molar refractivity (Wildman–Crippen MR) is 47.5 cm³/mol. The van der Waals surface area contributed by atoms with Gasteiger partial charge in [-0.2, -0.15) is 4.98 Å². The first-order chi connectivity index (χ1) is 7.43. The maximum Gasteiger partial charge on any atom is 0.284 e. The fraction of sp³-hybridized carbons (Fsp3) is 0. The van der Waals surface area contributed by atoms with Crippen molar-refractivity contribution in [1.82, 2.24) is 15.0 Å². The van der Waals surface area contributed by atoms with Gasteiger partial charge >= 0.3 is 0 Å². The lowest BCUT2D eigenvalue weighted by atomic mass is 10.5. The molecule has 0 fully saturated rings. The first kappa shape index (κ1) is 7.98. The van der Waals surface area contributed by atoms with Gasteiger partial charge in [0.05, 0.1) is 12.4 Å². The Bertz CT molecular complexity index is 490. The van der Waals surface area contributed by atoms with Crippen LogP contribution < -0.4 is 0 Å². The predicted octanol–water partition coefficient (Wildman–Crippen LogP) is 1.98. The summed E-state index contributed by atoms with van der Waals surface area (Å²) in [6.45, 7) is 0. The van der Waals surface area contributed by atoms with E-state index in [0.29, 0.717) is 23.4 Å². The number of aromatic nitrogens is 3. The molecular weight excluding hydrogens is 198 g/mol. The molecule has 3 heterocycles. The number of hydrogen-bond donors (Lipinski definition) is 0. The van der Waals surface area contributed by atoms with E-state index in [1.807, 2.05) is 0 Å². The first-order valence-corrected chi connectivity index (χ1v) is 4.19. The van der Waals surface area contributed by atoms with Crippen molar-refractivity contribution in [2.45, 2.75) is 0 Å². The zero-order valence-electron chi connectivity index (χ0n) is 7.45. The van der Waals surface area contributed by atoms with Crippen LogP contribution >= 0.6 is 0 Å². The zero-order valence-corrected chi connectivity index (χ0v) is 7.45. The second kappa shape index (κ2) is 3.09. The summed E-state index contributed by atoms with van der Waals surface area (Å²) in [5.74, 6) is 1.03. The van der Waals surface area contributed by atoms with Crippen LogP contribution in [0.2, 0.25) is 0 Å². The molecular formula is C9H5N3O3. The summed E-state index contributed by atoms with van der Waals surface area (Å²) in [5, 5.41) is 0. The van der Waals surface area contributed by atoms with Gasteiger partial charge in [-0.05, 0) is 0 Å². The van der Waals surface area contributed by atoms with E-state index in [9.17, 15) is 0 Å². The van der Waals surface area contributed by atoms with E-state index in [2.05, 4.69) is 15.0 Å². The zero-order chi connectivity index (χ0) is 10.1. The van der Waals surface area contributed by atoms with Crippen molar-refractivity contribution in [3.63, 3.8) is 0 Å². The van der Waals surface area contributed by atoms with Crippen LogP contribution in [0.1, 0.15) is 0 Å². The highest BCUT2D eigenvalue weighted by molar-refractivity contribution is 5.49. The Labute approximate surface area is 83.6 Å². The molecule has 0 radical (unpaired) electrons. The topological polar surface area (TPSA) is 78.1 Å². The summed E-state index contributed by atoms with van der Waals surface area (Å²) >= 11 is 0. The van der Waals surface area contributed by atoms with Crippen molar-refractivity contribution < 1.29 is 13.3 Å². The number of oxazole rings is 3. The third-order valence-corrected chi connectivity index (χ3v) is 1.77. The van der Waals surface area contributed by atoms with Crippen LogP contribution in [0.5, 0.6) is 0 Å². The van der Waals surface area contributed by atoms with Gasteiger partial charge in [0.1, 0.15) is 18.8 Å². The largest absolute Gasteiger partial charge is 0.443 e. The lowest BCUT2D eigenvalue weighted by Gasteiger charge is -1.83. The minimum absolute atomic E-state index is 0.299. The Balaban J connectivity index is 2.02. The van der Waals surface area contributed by atoms with E-state index in [-0.39, 0.29) is 0 Å². The molecule has 0 atom stereocenters. The fourth-order valence-electron chi connectivity index (χ4n) is 1.15. The smallest absolute Gasteiger partial charge is 0.284 e. The van der Waals surface area contributed by atoms with E-state index in [1.54, 1.807) is 0 Å². The molecule has 0 aromatic carbocycles. The van der Waals surface area contributed by atoms with Gasteiger partial charge < -0.3 is 13.3 Å². The third-order valence-electron chi connectivity index (χ3n) is 1.77. The fourth-order valence-corrected chi connectivity index (χ4v) is 1.15. The molecule has 3 rings (SSSR count).